The minimum Gasteiger partial charge on any atom is -0.467 e. The Morgan fingerprint density at radius 1 is 1.36 bits per heavy atom. The fourth-order valence-corrected chi connectivity index (χ4v) is 1.87. The Kier molecular flexibility index (Phi) is 4.50. The number of nitrogens with zero attached hydrogens (tertiary/aromatic N) is 2. The van der Waals surface area contributed by atoms with Gasteiger partial charge in [0, 0.05) is 18.8 Å². The van der Waals surface area contributed by atoms with Gasteiger partial charge in [-0.2, -0.15) is 5.10 Å². The van der Waals surface area contributed by atoms with E-state index in [1.807, 2.05) is 0 Å². The molecule has 8 heteroatoms. The SMILES string of the molecule is COC(=O)[C@@H](NC(=O)c1cnn(C)c1)c1cc(F)ccc1F. The molecule has 0 radical (unpaired) electrons. The van der Waals surface area contributed by atoms with Crippen LogP contribution < -0.4 is 5.32 Å². The number of aryl methyl sites for hydroxylation is 1. The van der Waals surface area contributed by atoms with Gasteiger partial charge in [0.1, 0.15) is 11.6 Å². The molecule has 0 aliphatic heterocycles. The number of hydrogen-bond acceptors (Lipinski definition) is 4. The number of benzene rings is 1. The molecule has 6 nitrogen and oxygen atoms in total. The van der Waals surface area contributed by atoms with Crippen LogP contribution in [0.15, 0.2) is 30.6 Å². The van der Waals surface area contributed by atoms with Gasteiger partial charge in [0.15, 0.2) is 6.04 Å². The van der Waals surface area contributed by atoms with Gasteiger partial charge in [-0.25, -0.2) is 13.6 Å². The molecule has 0 fully saturated rings. The Morgan fingerprint density at radius 2 is 2.09 bits per heavy atom. The average Bonchev–Trinajstić information content (AvgIpc) is 2.93. The molecular weight excluding hydrogens is 296 g/mol. The van der Waals surface area contributed by atoms with Crippen LogP contribution in [0.2, 0.25) is 0 Å². The molecule has 1 aromatic heterocycles. The number of ether oxygens (including phenoxy) is 1. The third-order valence-electron chi connectivity index (χ3n) is 2.95. The number of esters is 1. The van der Waals surface area contributed by atoms with Crippen molar-refractivity contribution < 1.29 is 23.1 Å². The molecule has 0 aliphatic rings. The van der Waals surface area contributed by atoms with E-state index in [9.17, 15) is 18.4 Å². The van der Waals surface area contributed by atoms with E-state index in [-0.39, 0.29) is 11.1 Å². The summed E-state index contributed by atoms with van der Waals surface area (Å²) >= 11 is 0. The normalized spacial score (nSPS) is 11.8. The highest BCUT2D eigenvalue weighted by Gasteiger charge is 2.27. The highest BCUT2D eigenvalue weighted by atomic mass is 19.1. The number of amides is 1. The van der Waals surface area contributed by atoms with Crippen LogP contribution in [0.1, 0.15) is 22.0 Å². The Labute approximate surface area is 124 Å². The van der Waals surface area contributed by atoms with E-state index in [1.165, 1.54) is 17.1 Å². The number of nitrogens with one attached hydrogen (secondary N) is 1. The predicted molar refractivity (Wildman–Crippen MR) is 71.8 cm³/mol. The third-order valence-corrected chi connectivity index (χ3v) is 2.95. The number of carbonyl (C=O) groups is 2. The topological polar surface area (TPSA) is 73.2 Å². The van der Waals surface area contributed by atoms with Crippen LogP contribution >= 0.6 is 0 Å². The highest BCUT2D eigenvalue weighted by Crippen LogP contribution is 2.20. The summed E-state index contributed by atoms with van der Waals surface area (Å²) in [5, 5.41) is 6.13. The smallest absolute Gasteiger partial charge is 0.333 e. The zero-order valence-corrected chi connectivity index (χ0v) is 11.8. The Morgan fingerprint density at radius 3 is 2.68 bits per heavy atom. The van der Waals surface area contributed by atoms with Crippen molar-refractivity contribution in [3.8, 4) is 0 Å². The molecule has 1 atom stereocenters. The van der Waals surface area contributed by atoms with Crippen LogP contribution in [0.25, 0.3) is 0 Å². The molecule has 2 aromatic rings. The lowest BCUT2D eigenvalue weighted by Gasteiger charge is -2.17. The first-order chi connectivity index (χ1) is 10.4. The quantitative estimate of drug-likeness (QED) is 0.865. The number of methoxy groups -OCH3 is 1. The lowest BCUT2D eigenvalue weighted by molar-refractivity contribution is -0.143. The van der Waals surface area contributed by atoms with E-state index in [0.717, 1.165) is 25.3 Å². The van der Waals surface area contributed by atoms with Crippen LogP contribution in [0, 0.1) is 11.6 Å². The summed E-state index contributed by atoms with van der Waals surface area (Å²) < 4.78 is 33.1. The molecule has 0 saturated carbocycles. The summed E-state index contributed by atoms with van der Waals surface area (Å²) in [5.41, 5.74) is -0.141. The van der Waals surface area contributed by atoms with Gasteiger partial charge in [-0.15, -0.1) is 0 Å². The summed E-state index contributed by atoms with van der Waals surface area (Å²) in [7, 11) is 2.70. The average molecular weight is 309 g/mol. The molecule has 22 heavy (non-hydrogen) atoms. The summed E-state index contributed by atoms with van der Waals surface area (Å²) in [6.45, 7) is 0. The first-order valence-corrected chi connectivity index (χ1v) is 6.24. The Bertz CT molecular complexity index is 715. The van der Waals surface area contributed by atoms with Crippen molar-refractivity contribution >= 4 is 11.9 Å². The summed E-state index contributed by atoms with van der Waals surface area (Å²) in [4.78, 5) is 23.9. The molecule has 0 unspecified atom stereocenters. The zero-order chi connectivity index (χ0) is 16.3. The molecule has 0 bridgehead atoms. The zero-order valence-electron chi connectivity index (χ0n) is 11.8. The van der Waals surface area contributed by atoms with Crippen molar-refractivity contribution in [1.29, 1.82) is 0 Å². The molecule has 116 valence electrons. The highest BCUT2D eigenvalue weighted by molar-refractivity contribution is 5.96. The maximum absolute atomic E-state index is 13.8. The molecule has 0 aliphatic carbocycles. The summed E-state index contributed by atoms with van der Waals surface area (Å²) in [5.74, 6) is -3.14. The Balaban J connectivity index is 2.33. The van der Waals surface area contributed by atoms with Gasteiger partial charge in [0.2, 0.25) is 0 Å². The largest absolute Gasteiger partial charge is 0.467 e. The first kappa shape index (κ1) is 15.6. The number of hydrogen-bond donors (Lipinski definition) is 1. The van der Waals surface area contributed by atoms with Crippen LogP contribution in [-0.2, 0) is 16.6 Å². The number of carbonyl (C=O) groups excluding carboxylic acids is 2. The fraction of sp³-hybridized carbons (Fsp3) is 0.214. The lowest BCUT2D eigenvalue weighted by atomic mass is 10.1. The van der Waals surface area contributed by atoms with Gasteiger partial charge >= 0.3 is 5.97 Å². The van der Waals surface area contributed by atoms with Crippen molar-refractivity contribution in [1.82, 2.24) is 15.1 Å². The van der Waals surface area contributed by atoms with Gasteiger partial charge in [-0.05, 0) is 18.2 Å². The molecule has 1 aromatic carbocycles. The van der Waals surface area contributed by atoms with Crippen molar-refractivity contribution in [3.05, 3.63) is 53.4 Å². The van der Waals surface area contributed by atoms with E-state index in [4.69, 9.17) is 0 Å². The van der Waals surface area contributed by atoms with Crippen molar-refractivity contribution in [2.75, 3.05) is 7.11 Å². The van der Waals surface area contributed by atoms with E-state index in [2.05, 4.69) is 15.2 Å². The number of rotatable bonds is 4. The molecular formula is C14H13F2N3O3. The number of halogens is 2. The molecule has 1 N–H and O–H groups in total. The van der Waals surface area contributed by atoms with Crippen molar-refractivity contribution in [2.45, 2.75) is 6.04 Å². The van der Waals surface area contributed by atoms with E-state index in [1.54, 1.807) is 7.05 Å². The standard InChI is InChI=1S/C14H13F2N3O3/c1-19-7-8(6-17-19)13(20)18-12(14(21)22-2)10-5-9(15)3-4-11(10)16/h3-7,12H,1-2H3,(H,18,20)/t12-/m0/s1. The third kappa shape index (κ3) is 3.27. The minimum atomic E-state index is -1.46. The van der Waals surface area contributed by atoms with Crippen LogP contribution in [0.3, 0.4) is 0 Å². The van der Waals surface area contributed by atoms with Gasteiger partial charge in [0.05, 0.1) is 18.9 Å². The molecule has 0 spiro atoms. The van der Waals surface area contributed by atoms with Gasteiger partial charge in [0.25, 0.3) is 5.91 Å². The van der Waals surface area contributed by atoms with Gasteiger partial charge in [-0.3, -0.25) is 9.48 Å². The predicted octanol–water partition coefficient (Wildman–Crippen LogP) is 1.34. The second-order valence-corrected chi connectivity index (χ2v) is 4.50. The molecule has 2 rings (SSSR count). The first-order valence-electron chi connectivity index (χ1n) is 6.24. The molecule has 1 amide bonds. The second kappa shape index (κ2) is 6.33. The maximum Gasteiger partial charge on any atom is 0.333 e. The fourth-order valence-electron chi connectivity index (χ4n) is 1.87. The van der Waals surface area contributed by atoms with Crippen LogP contribution in [0.4, 0.5) is 8.78 Å². The van der Waals surface area contributed by atoms with Gasteiger partial charge < -0.3 is 10.1 Å². The van der Waals surface area contributed by atoms with E-state index in [0.29, 0.717) is 0 Å². The summed E-state index contributed by atoms with van der Waals surface area (Å²) in [6, 6.07) is 1.15. The molecule has 1 heterocycles. The monoisotopic (exact) mass is 309 g/mol. The van der Waals surface area contributed by atoms with Crippen molar-refractivity contribution in [3.63, 3.8) is 0 Å². The summed E-state index contributed by atoms with van der Waals surface area (Å²) in [6.07, 6.45) is 2.71. The Hall–Kier alpha value is -2.77. The van der Waals surface area contributed by atoms with Crippen LogP contribution in [0.5, 0.6) is 0 Å². The number of aromatic nitrogens is 2. The van der Waals surface area contributed by atoms with Crippen molar-refractivity contribution in [2.24, 2.45) is 7.05 Å². The van der Waals surface area contributed by atoms with Gasteiger partial charge in [-0.1, -0.05) is 0 Å². The maximum atomic E-state index is 13.8. The minimum absolute atomic E-state index is 0.174. The van der Waals surface area contributed by atoms with E-state index >= 15 is 0 Å². The van der Waals surface area contributed by atoms with Crippen LogP contribution in [-0.4, -0.2) is 28.8 Å². The van der Waals surface area contributed by atoms with E-state index < -0.39 is 29.6 Å². The second-order valence-electron chi connectivity index (χ2n) is 4.50. The molecule has 0 saturated heterocycles. The lowest BCUT2D eigenvalue weighted by Crippen LogP contribution is -2.35.